The van der Waals surface area contributed by atoms with Crippen molar-refractivity contribution in [3.05, 3.63) is 48.3 Å². The number of fused-ring (bicyclic) bond motifs is 1. The van der Waals surface area contributed by atoms with Gasteiger partial charge in [0, 0.05) is 31.5 Å². The van der Waals surface area contributed by atoms with Crippen LogP contribution in [0.2, 0.25) is 0 Å². The molecule has 0 bridgehead atoms. The number of morpholine rings is 1. The maximum atomic E-state index is 11.9. The SMILES string of the molecule is CNC(=O)N1CCO[C@H](COc2nc(-c3ccc(C(C)(C)C#N)cc3)cc3nccnc23)C1. The largest absolute Gasteiger partial charge is 0.473 e. The molecule has 33 heavy (non-hydrogen) atoms. The fourth-order valence-corrected chi connectivity index (χ4v) is 3.65. The summed E-state index contributed by atoms with van der Waals surface area (Å²) in [7, 11) is 1.61. The summed E-state index contributed by atoms with van der Waals surface area (Å²) in [4.78, 5) is 27.1. The van der Waals surface area contributed by atoms with Gasteiger partial charge in [-0.15, -0.1) is 0 Å². The molecule has 0 spiro atoms. The van der Waals surface area contributed by atoms with Crippen molar-refractivity contribution in [2.45, 2.75) is 25.4 Å². The molecular weight excluding hydrogens is 420 g/mol. The van der Waals surface area contributed by atoms with Gasteiger partial charge in [-0.1, -0.05) is 24.3 Å². The van der Waals surface area contributed by atoms with Crippen molar-refractivity contribution in [3.63, 3.8) is 0 Å². The number of ether oxygens (including phenoxy) is 2. The molecule has 1 aliphatic rings. The molecule has 1 atom stereocenters. The highest BCUT2D eigenvalue weighted by Crippen LogP contribution is 2.29. The minimum atomic E-state index is -0.572. The van der Waals surface area contributed by atoms with E-state index in [9.17, 15) is 10.1 Å². The molecule has 4 rings (SSSR count). The second-order valence-electron chi connectivity index (χ2n) is 8.36. The van der Waals surface area contributed by atoms with Crippen molar-refractivity contribution in [1.82, 2.24) is 25.2 Å². The number of aromatic nitrogens is 3. The Balaban J connectivity index is 1.59. The van der Waals surface area contributed by atoms with Crippen LogP contribution in [-0.4, -0.2) is 65.3 Å². The number of carbonyl (C=O) groups excluding carboxylic acids is 1. The fraction of sp³-hybridized carbons (Fsp3) is 0.375. The number of nitriles is 1. The number of hydrogen-bond acceptors (Lipinski definition) is 7. The number of carbonyl (C=O) groups is 1. The molecule has 0 unspecified atom stereocenters. The highest BCUT2D eigenvalue weighted by molar-refractivity contribution is 5.83. The zero-order valence-corrected chi connectivity index (χ0v) is 18.9. The van der Waals surface area contributed by atoms with Crippen LogP contribution in [0.25, 0.3) is 22.3 Å². The molecule has 1 saturated heterocycles. The van der Waals surface area contributed by atoms with E-state index in [0.717, 1.165) is 11.1 Å². The van der Waals surface area contributed by atoms with Crippen molar-refractivity contribution in [2.24, 2.45) is 0 Å². The lowest BCUT2D eigenvalue weighted by Crippen LogP contribution is -2.50. The van der Waals surface area contributed by atoms with E-state index in [1.807, 2.05) is 44.2 Å². The van der Waals surface area contributed by atoms with E-state index in [-0.39, 0.29) is 18.7 Å². The molecule has 1 fully saturated rings. The van der Waals surface area contributed by atoms with E-state index in [0.29, 0.717) is 42.3 Å². The number of benzene rings is 1. The van der Waals surface area contributed by atoms with Crippen LogP contribution in [0.5, 0.6) is 5.88 Å². The van der Waals surface area contributed by atoms with E-state index in [4.69, 9.17) is 14.5 Å². The van der Waals surface area contributed by atoms with Gasteiger partial charge in [0.15, 0.2) is 5.52 Å². The summed E-state index contributed by atoms with van der Waals surface area (Å²) in [6.07, 6.45) is 2.94. The van der Waals surface area contributed by atoms with Gasteiger partial charge in [0.05, 0.1) is 35.8 Å². The lowest BCUT2D eigenvalue weighted by atomic mass is 9.86. The summed E-state index contributed by atoms with van der Waals surface area (Å²) >= 11 is 0. The minimum Gasteiger partial charge on any atom is -0.473 e. The van der Waals surface area contributed by atoms with Gasteiger partial charge in [0.25, 0.3) is 0 Å². The van der Waals surface area contributed by atoms with Gasteiger partial charge >= 0.3 is 6.03 Å². The van der Waals surface area contributed by atoms with Crippen LogP contribution < -0.4 is 10.1 Å². The van der Waals surface area contributed by atoms with Crippen LogP contribution in [0.1, 0.15) is 19.4 Å². The summed E-state index contributed by atoms with van der Waals surface area (Å²) < 4.78 is 11.8. The second kappa shape index (κ2) is 9.38. The molecule has 1 aliphatic heterocycles. The highest BCUT2D eigenvalue weighted by atomic mass is 16.5. The molecule has 3 heterocycles. The second-order valence-corrected chi connectivity index (χ2v) is 8.36. The van der Waals surface area contributed by atoms with Gasteiger partial charge in [-0.05, 0) is 25.5 Å². The Hall–Kier alpha value is -3.77. The molecule has 9 heteroatoms. The van der Waals surface area contributed by atoms with Crippen molar-refractivity contribution in [2.75, 3.05) is 33.4 Å². The van der Waals surface area contributed by atoms with Gasteiger partial charge in [0.2, 0.25) is 5.88 Å². The lowest BCUT2D eigenvalue weighted by Gasteiger charge is -2.32. The smallest absolute Gasteiger partial charge is 0.317 e. The molecule has 1 aromatic carbocycles. The Morgan fingerprint density at radius 1 is 1.30 bits per heavy atom. The predicted octanol–water partition coefficient (Wildman–Crippen LogP) is 2.91. The van der Waals surface area contributed by atoms with E-state index in [1.54, 1.807) is 24.3 Å². The Morgan fingerprint density at radius 2 is 2.06 bits per heavy atom. The summed E-state index contributed by atoms with van der Waals surface area (Å²) in [5, 5.41) is 12.0. The third-order valence-corrected chi connectivity index (χ3v) is 5.65. The number of urea groups is 1. The third-order valence-electron chi connectivity index (χ3n) is 5.65. The molecule has 2 amide bonds. The third kappa shape index (κ3) is 4.86. The van der Waals surface area contributed by atoms with Crippen LogP contribution in [0, 0.1) is 11.3 Å². The molecule has 2 aromatic heterocycles. The first-order valence-electron chi connectivity index (χ1n) is 10.8. The maximum absolute atomic E-state index is 11.9. The molecule has 0 aliphatic carbocycles. The molecule has 0 saturated carbocycles. The zero-order chi connectivity index (χ0) is 23.4. The van der Waals surface area contributed by atoms with Crippen molar-refractivity contribution in [3.8, 4) is 23.2 Å². The number of hydrogen-bond donors (Lipinski definition) is 1. The van der Waals surface area contributed by atoms with Gasteiger partial charge in [0.1, 0.15) is 12.7 Å². The number of nitrogens with one attached hydrogen (secondary N) is 1. The van der Waals surface area contributed by atoms with Crippen LogP contribution in [0.3, 0.4) is 0 Å². The minimum absolute atomic E-state index is 0.136. The zero-order valence-electron chi connectivity index (χ0n) is 18.9. The quantitative estimate of drug-likeness (QED) is 0.641. The van der Waals surface area contributed by atoms with Gasteiger partial charge in [-0.25, -0.2) is 14.8 Å². The number of amides is 2. The van der Waals surface area contributed by atoms with Crippen LogP contribution >= 0.6 is 0 Å². The summed E-state index contributed by atoms with van der Waals surface area (Å²) in [5.74, 6) is 0.359. The summed E-state index contributed by atoms with van der Waals surface area (Å²) in [6, 6.07) is 11.8. The lowest BCUT2D eigenvalue weighted by molar-refractivity contribution is -0.0354. The molecule has 3 aromatic rings. The average molecular weight is 447 g/mol. The van der Waals surface area contributed by atoms with Gasteiger partial charge in [-0.2, -0.15) is 5.26 Å². The van der Waals surface area contributed by atoms with Crippen LogP contribution in [0.15, 0.2) is 42.7 Å². The van der Waals surface area contributed by atoms with Crippen LogP contribution in [0.4, 0.5) is 4.79 Å². The predicted molar refractivity (Wildman–Crippen MR) is 123 cm³/mol. The van der Waals surface area contributed by atoms with Crippen molar-refractivity contribution < 1.29 is 14.3 Å². The summed E-state index contributed by atoms with van der Waals surface area (Å²) in [6.45, 7) is 5.41. The fourth-order valence-electron chi connectivity index (χ4n) is 3.65. The van der Waals surface area contributed by atoms with Crippen LogP contribution in [-0.2, 0) is 10.2 Å². The number of nitrogens with zero attached hydrogens (tertiary/aromatic N) is 5. The van der Waals surface area contributed by atoms with Gasteiger partial charge in [-0.3, -0.25) is 4.98 Å². The molecule has 1 N–H and O–H groups in total. The van der Waals surface area contributed by atoms with Crippen molar-refractivity contribution in [1.29, 1.82) is 5.26 Å². The summed E-state index contributed by atoms with van der Waals surface area (Å²) in [5.41, 5.74) is 3.15. The average Bonchev–Trinajstić information content (AvgIpc) is 2.86. The first kappa shape index (κ1) is 22.4. The van der Waals surface area contributed by atoms with Gasteiger partial charge < -0.3 is 19.7 Å². The van der Waals surface area contributed by atoms with E-state index < -0.39 is 5.41 Å². The van der Waals surface area contributed by atoms with Crippen molar-refractivity contribution >= 4 is 17.1 Å². The molecular formula is C24H26N6O3. The highest BCUT2D eigenvalue weighted by Gasteiger charge is 2.25. The Morgan fingerprint density at radius 3 is 2.79 bits per heavy atom. The standard InChI is InChI=1S/C24H26N6O3/c1-24(2,15-25)17-6-4-16(5-7-17)19-12-20-21(28-9-8-27-20)22(29-19)33-14-18-13-30(10-11-32-18)23(31)26-3/h4-9,12,18H,10-11,13-14H2,1-3H3,(H,26,31)/t18-/m0/s1. The Bertz CT molecular complexity index is 1190. The topological polar surface area (TPSA) is 113 Å². The number of pyridine rings is 1. The van der Waals surface area contributed by atoms with E-state index in [1.165, 1.54) is 0 Å². The molecule has 9 nitrogen and oxygen atoms in total. The maximum Gasteiger partial charge on any atom is 0.317 e. The number of rotatable bonds is 5. The van der Waals surface area contributed by atoms with E-state index in [2.05, 4.69) is 21.4 Å². The monoisotopic (exact) mass is 446 g/mol. The Labute approximate surface area is 192 Å². The molecule has 0 radical (unpaired) electrons. The normalized spacial score (nSPS) is 16.3. The molecule has 170 valence electrons. The first-order valence-corrected chi connectivity index (χ1v) is 10.8. The van der Waals surface area contributed by atoms with E-state index >= 15 is 0 Å². The first-order chi connectivity index (χ1) is 15.9. The Kier molecular flexibility index (Phi) is 6.38.